The predicted octanol–water partition coefficient (Wildman–Crippen LogP) is 1.20. The van der Waals surface area contributed by atoms with Crippen molar-refractivity contribution >= 4 is 5.95 Å². The molecular formula is C15H19N5O. The maximum Gasteiger partial charge on any atom is 0.225 e. The summed E-state index contributed by atoms with van der Waals surface area (Å²) < 4.78 is 5.16. The molecule has 1 fully saturated rings. The van der Waals surface area contributed by atoms with Crippen LogP contribution in [0.2, 0.25) is 0 Å². The summed E-state index contributed by atoms with van der Waals surface area (Å²) in [6, 6.07) is 5.87. The number of ether oxygens (including phenoxy) is 1. The number of methoxy groups -OCH3 is 1. The van der Waals surface area contributed by atoms with Crippen LogP contribution in [0, 0.1) is 0 Å². The molecule has 0 aromatic carbocycles. The molecule has 0 atom stereocenters. The minimum atomic E-state index is 0.670. The molecule has 2 aromatic rings. The minimum Gasteiger partial charge on any atom is -0.481 e. The van der Waals surface area contributed by atoms with E-state index in [0.717, 1.165) is 38.7 Å². The molecule has 0 amide bonds. The van der Waals surface area contributed by atoms with Gasteiger partial charge in [0.1, 0.15) is 0 Å². The topological polar surface area (TPSA) is 54.4 Å². The molecule has 0 saturated carbocycles. The third kappa shape index (κ3) is 3.46. The molecule has 0 N–H and O–H groups in total. The third-order valence-corrected chi connectivity index (χ3v) is 3.62. The smallest absolute Gasteiger partial charge is 0.225 e. The maximum absolute atomic E-state index is 5.16. The lowest BCUT2D eigenvalue weighted by Crippen LogP contribution is -2.46. The first kappa shape index (κ1) is 13.8. The Morgan fingerprint density at radius 3 is 2.52 bits per heavy atom. The summed E-state index contributed by atoms with van der Waals surface area (Å²) in [6.07, 6.45) is 5.37. The quantitative estimate of drug-likeness (QED) is 0.841. The molecule has 0 radical (unpaired) electrons. The van der Waals surface area contributed by atoms with Crippen molar-refractivity contribution in [3.05, 3.63) is 42.4 Å². The van der Waals surface area contributed by atoms with Crippen LogP contribution in [-0.4, -0.2) is 53.1 Å². The summed E-state index contributed by atoms with van der Waals surface area (Å²) in [6.45, 7) is 4.83. The Bertz CT molecular complexity index is 569. The summed E-state index contributed by atoms with van der Waals surface area (Å²) >= 11 is 0. The lowest BCUT2D eigenvalue weighted by atomic mass is 10.2. The van der Waals surface area contributed by atoms with Crippen molar-refractivity contribution in [2.75, 3.05) is 38.2 Å². The molecule has 0 aliphatic carbocycles. The minimum absolute atomic E-state index is 0.670. The van der Waals surface area contributed by atoms with E-state index in [0.29, 0.717) is 5.88 Å². The van der Waals surface area contributed by atoms with Crippen LogP contribution in [0.15, 0.2) is 36.8 Å². The van der Waals surface area contributed by atoms with Crippen molar-refractivity contribution < 1.29 is 4.74 Å². The first-order valence-corrected chi connectivity index (χ1v) is 7.08. The summed E-state index contributed by atoms with van der Waals surface area (Å²) in [7, 11) is 1.64. The van der Waals surface area contributed by atoms with Crippen molar-refractivity contribution in [2.24, 2.45) is 0 Å². The van der Waals surface area contributed by atoms with Gasteiger partial charge in [0, 0.05) is 57.4 Å². The molecule has 2 aromatic heterocycles. The number of piperazine rings is 1. The normalized spacial score (nSPS) is 16.0. The first-order chi connectivity index (χ1) is 10.3. The Morgan fingerprint density at radius 1 is 1.05 bits per heavy atom. The van der Waals surface area contributed by atoms with E-state index in [-0.39, 0.29) is 0 Å². The zero-order valence-corrected chi connectivity index (χ0v) is 12.1. The van der Waals surface area contributed by atoms with Crippen LogP contribution in [0.3, 0.4) is 0 Å². The Morgan fingerprint density at radius 2 is 1.81 bits per heavy atom. The van der Waals surface area contributed by atoms with Crippen LogP contribution >= 0.6 is 0 Å². The molecule has 110 valence electrons. The largest absolute Gasteiger partial charge is 0.481 e. The van der Waals surface area contributed by atoms with Crippen LogP contribution in [0.5, 0.6) is 5.88 Å². The Hall–Kier alpha value is -2.21. The molecule has 0 spiro atoms. The van der Waals surface area contributed by atoms with Gasteiger partial charge in [-0.15, -0.1) is 0 Å². The van der Waals surface area contributed by atoms with Crippen LogP contribution in [0.1, 0.15) is 5.56 Å². The van der Waals surface area contributed by atoms with Gasteiger partial charge < -0.3 is 9.64 Å². The van der Waals surface area contributed by atoms with Crippen LogP contribution in [-0.2, 0) is 6.54 Å². The van der Waals surface area contributed by atoms with Crippen LogP contribution < -0.4 is 9.64 Å². The van der Waals surface area contributed by atoms with Gasteiger partial charge in [0.25, 0.3) is 0 Å². The van der Waals surface area contributed by atoms with Crippen molar-refractivity contribution in [3.63, 3.8) is 0 Å². The SMILES string of the molecule is COc1cc(CN2CCN(c3ncccn3)CC2)ccn1. The number of rotatable bonds is 4. The van der Waals surface area contributed by atoms with Gasteiger partial charge >= 0.3 is 0 Å². The van der Waals surface area contributed by atoms with Gasteiger partial charge in [0.15, 0.2) is 0 Å². The van der Waals surface area contributed by atoms with Gasteiger partial charge in [-0.1, -0.05) is 0 Å². The van der Waals surface area contributed by atoms with Crippen molar-refractivity contribution in [2.45, 2.75) is 6.54 Å². The summed E-state index contributed by atoms with van der Waals surface area (Å²) in [5, 5.41) is 0. The zero-order chi connectivity index (χ0) is 14.5. The van der Waals surface area contributed by atoms with Gasteiger partial charge in [-0.25, -0.2) is 15.0 Å². The molecule has 0 bridgehead atoms. The summed E-state index contributed by atoms with van der Waals surface area (Å²) in [4.78, 5) is 17.4. The molecule has 1 aliphatic heterocycles. The number of pyridine rings is 1. The second kappa shape index (κ2) is 6.49. The average molecular weight is 285 g/mol. The molecule has 1 saturated heterocycles. The molecule has 3 heterocycles. The third-order valence-electron chi connectivity index (χ3n) is 3.62. The van der Waals surface area contributed by atoms with E-state index in [2.05, 4.69) is 24.8 Å². The fourth-order valence-corrected chi connectivity index (χ4v) is 2.48. The van der Waals surface area contributed by atoms with E-state index in [9.17, 15) is 0 Å². The van der Waals surface area contributed by atoms with E-state index in [4.69, 9.17) is 4.74 Å². The Balaban J connectivity index is 1.56. The Kier molecular flexibility index (Phi) is 4.25. The fraction of sp³-hybridized carbons (Fsp3) is 0.400. The number of hydrogen-bond acceptors (Lipinski definition) is 6. The van der Waals surface area contributed by atoms with Gasteiger partial charge in [0.05, 0.1) is 7.11 Å². The molecule has 1 aliphatic rings. The fourth-order valence-electron chi connectivity index (χ4n) is 2.48. The van der Waals surface area contributed by atoms with Crippen LogP contribution in [0.25, 0.3) is 0 Å². The average Bonchev–Trinajstić information content (AvgIpc) is 2.56. The van der Waals surface area contributed by atoms with Crippen molar-refractivity contribution in [1.29, 1.82) is 0 Å². The van der Waals surface area contributed by atoms with Gasteiger partial charge in [-0.3, -0.25) is 4.90 Å². The van der Waals surface area contributed by atoms with Crippen molar-refractivity contribution in [1.82, 2.24) is 19.9 Å². The lowest BCUT2D eigenvalue weighted by Gasteiger charge is -2.34. The highest BCUT2D eigenvalue weighted by Gasteiger charge is 2.18. The highest BCUT2D eigenvalue weighted by Crippen LogP contribution is 2.14. The Labute approximate surface area is 124 Å². The van der Waals surface area contributed by atoms with Gasteiger partial charge in [-0.05, 0) is 17.7 Å². The number of aromatic nitrogens is 3. The first-order valence-electron chi connectivity index (χ1n) is 7.08. The number of nitrogens with zero attached hydrogens (tertiary/aromatic N) is 5. The standard InChI is InChI=1S/C15H19N5O/c1-21-14-11-13(3-6-16-14)12-19-7-9-20(10-8-19)15-17-4-2-5-18-15/h2-6,11H,7-10,12H2,1H3. The molecule has 0 unspecified atom stereocenters. The molecule has 6 nitrogen and oxygen atoms in total. The highest BCUT2D eigenvalue weighted by atomic mass is 16.5. The molecule has 21 heavy (non-hydrogen) atoms. The molecule has 3 rings (SSSR count). The summed E-state index contributed by atoms with van der Waals surface area (Å²) in [5.41, 5.74) is 1.23. The second-order valence-electron chi connectivity index (χ2n) is 5.02. The van der Waals surface area contributed by atoms with E-state index in [1.54, 1.807) is 25.7 Å². The van der Waals surface area contributed by atoms with Gasteiger partial charge in [0.2, 0.25) is 11.8 Å². The molecule has 6 heteroatoms. The predicted molar refractivity (Wildman–Crippen MR) is 80.3 cm³/mol. The highest BCUT2D eigenvalue weighted by molar-refractivity contribution is 5.29. The number of hydrogen-bond donors (Lipinski definition) is 0. The van der Waals surface area contributed by atoms with Gasteiger partial charge in [-0.2, -0.15) is 0 Å². The second-order valence-corrected chi connectivity index (χ2v) is 5.02. The van der Waals surface area contributed by atoms with Crippen LogP contribution in [0.4, 0.5) is 5.95 Å². The zero-order valence-electron chi connectivity index (χ0n) is 12.1. The van der Waals surface area contributed by atoms with Crippen molar-refractivity contribution in [3.8, 4) is 5.88 Å². The monoisotopic (exact) mass is 285 g/mol. The van der Waals surface area contributed by atoms with E-state index < -0.39 is 0 Å². The molecular weight excluding hydrogens is 266 g/mol. The van der Waals surface area contributed by atoms with E-state index in [1.807, 2.05) is 18.2 Å². The van der Waals surface area contributed by atoms with E-state index >= 15 is 0 Å². The van der Waals surface area contributed by atoms with E-state index in [1.165, 1.54) is 5.56 Å². The number of anilines is 1. The maximum atomic E-state index is 5.16. The summed E-state index contributed by atoms with van der Waals surface area (Å²) in [5.74, 6) is 1.49. The lowest BCUT2D eigenvalue weighted by molar-refractivity contribution is 0.248.